The molecule has 0 aliphatic rings. The molecule has 0 heterocycles. The summed E-state index contributed by atoms with van der Waals surface area (Å²) in [5.41, 5.74) is 0.863. The molecule has 3 nitrogen and oxygen atoms in total. The highest BCUT2D eigenvalue weighted by Crippen LogP contribution is 2.17. The van der Waals surface area contributed by atoms with Gasteiger partial charge in [0, 0.05) is 0 Å². The summed E-state index contributed by atoms with van der Waals surface area (Å²) < 4.78 is 5.73. The Morgan fingerprint density at radius 2 is 1.80 bits per heavy atom. The smallest absolute Gasteiger partial charge is 0.119 e. The summed E-state index contributed by atoms with van der Waals surface area (Å²) in [6.07, 6.45) is 6.42. The highest BCUT2D eigenvalue weighted by atomic mass is 16.5. The number of nitrogens with zero attached hydrogens (tertiary/aromatic N) is 1. The van der Waals surface area contributed by atoms with Gasteiger partial charge < -0.3 is 9.94 Å². The van der Waals surface area contributed by atoms with Crippen LogP contribution < -0.4 is 4.74 Å². The van der Waals surface area contributed by atoms with Crippen LogP contribution in [0.1, 0.15) is 52.0 Å². The molecule has 0 saturated heterocycles. The van der Waals surface area contributed by atoms with Crippen LogP contribution in [-0.4, -0.2) is 18.0 Å². The minimum atomic E-state index is 0.717. The van der Waals surface area contributed by atoms with Gasteiger partial charge in [-0.15, -0.1) is 0 Å². The van der Waals surface area contributed by atoms with E-state index in [2.05, 4.69) is 25.9 Å². The maximum atomic E-state index is 8.43. The van der Waals surface area contributed by atoms with Gasteiger partial charge in [-0.25, -0.2) is 0 Å². The van der Waals surface area contributed by atoms with Crippen LogP contribution in [0.25, 0.3) is 0 Å². The lowest BCUT2D eigenvalue weighted by molar-refractivity contribution is 0.275. The zero-order valence-electron chi connectivity index (χ0n) is 12.9. The largest absolute Gasteiger partial charge is 0.494 e. The van der Waals surface area contributed by atoms with E-state index in [1.165, 1.54) is 25.5 Å². The van der Waals surface area contributed by atoms with Gasteiger partial charge in [-0.2, -0.15) is 0 Å². The molecule has 0 spiro atoms. The topological polar surface area (TPSA) is 41.8 Å². The average Bonchev–Trinajstić information content (AvgIpc) is 2.40. The Hall–Kier alpha value is -1.51. The molecule has 1 rings (SSSR count). The molecule has 112 valence electrons. The quantitative estimate of drug-likeness (QED) is 0.403. The Morgan fingerprint density at radius 1 is 1.10 bits per heavy atom. The molecule has 0 radical (unpaired) electrons. The second-order valence-corrected chi connectivity index (χ2v) is 5.88. The molecule has 1 N–H and O–H groups in total. The van der Waals surface area contributed by atoms with Gasteiger partial charge in [0.1, 0.15) is 5.75 Å². The van der Waals surface area contributed by atoms with Crippen molar-refractivity contribution in [2.75, 3.05) is 6.61 Å². The van der Waals surface area contributed by atoms with Gasteiger partial charge in [0.25, 0.3) is 0 Å². The van der Waals surface area contributed by atoms with E-state index in [1.54, 1.807) is 0 Å². The van der Waals surface area contributed by atoms with Gasteiger partial charge in [-0.05, 0) is 48.1 Å². The molecule has 0 aromatic heterocycles. The number of oxime groups is 1. The van der Waals surface area contributed by atoms with Crippen LogP contribution in [0.4, 0.5) is 0 Å². The Labute approximate surface area is 122 Å². The lowest BCUT2D eigenvalue weighted by Crippen LogP contribution is -2.04. The second-order valence-electron chi connectivity index (χ2n) is 5.88. The summed E-state index contributed by atoms with van der Waals surface area (Å²) in [5, 5.41) is 11.4. The number of benzene rings is 1. The molecule has 1 aromatic rings. The minimum absolute atomic E-state index is 0.717. The van der Waals surface area contributed by atoms with E-state index >= 15 is 0 Å². The SMILES string of the molecule is CC(C)CCC[C@H](C)CCOc1ccc(/C=N/O)cc1. The van der Waals surface area contributed by atoms with Crippen molar-refractivity contribution >= 4 is 6.21 Å². The zero-order valence-corrected chi connectivity index (χ0v) is 12.9. The second kappa shape index (κ2) is 9.40. The lowest BCUT2D eigenvalue weighted by Gasteiger charge is -2.13. The predicted octanol–water partition coefficient (Wildman–Crippen LogP) is 4.73. The van der Waals surface area contributed by atoms with Crippen LogP contribution in [0.5, 0.6) is 5.75 Å². The van der Waals surface area contributed by atoms with E-state index in [-0.39, 0.29) is 0 Å². The lowest BCUT2D eigenvalue weighted by atomic mass is 9.98. The van der Waals surface area contributed by atoms with Gasteiger partial charge in [0.05, 0.1) is 12.8 Å². The first kappa shape index (κ1) is 16.5. The van der Waals surface area contributed by atoms with E-state index < -0.39 is 0 Å². The summed E-state index contributed by atoms with van der Waals surface area (Å²) in [7, 11) is 0. The van der Waals surface area contributed by atoms with Crippen LogP contribution in [0.2, 0.25) is 0 Å². The predicted molar refractivity (Wildman–Crippen MR) is 83.8 cm³/mol. The minimum Gasteiger partial charge on any atom is -0.494 e. The molecule has 0 aliphatic carbocycles. The molecule has 0 aliphatic heterocycles. The van der Waals surface area contributed by atoms with Crippen molar-refractivity contribution in [3.8, 4) is 5.75 Å². The molecule has 0 bridgehead atoms. The first-order chi connectivity index (χ1) is 9.61. The maximum absolute atomic E-state index is 8.43. The van der Waals surface area contributed by atoms with E-state index in [9.17, 15) is 0 Å². The van der Waals surface area contributed by atoms with Crippen molar-refractivity contribution < 1.29 is 9.94 Å². The average molecular weight is 277 g/mol. The first-order valence-electron chi connectivity index (χ1n) is 7.52. The number of hydrogen-bond donors (Lipinski definition) is 1. The fourth-order valence-electron chi connectivity index (χ4n) is 2.11. The Balaban J connectivity index is 2.19. The molecular formula is C17H27NO2. The van der Waals surface area contributed by atoms with Crippen LogP contribution in [-0.2, 0) is 0 Å². The molecule has 0 saturated carbocycles. The molecule has 20 heavy (non-hydrogen) atoms. The van der Waals surface area contributed by atoms with Crippen molar-refractivity contribution in [1.29, 1.82) is 0 Å². The van der Waals surface area contributed by atoms with Gasteiger partial charge in [-0.1, -0.05) is 45.2 Å². The molecule has 0 fully saturated rings. The van der Waals surface area contributed by atoms with Crippen molar-refractivity contribution in [3.63, 3.8) is 0 Å². The van der Waals surface area contributed by atoms with Crippen LogP contribution >= 0.6 is 0 Å². The third-order valence-electron chi connectivity index (χ3n) is 3.44. The molecule has 1 aromatic carbocycles. The van der Waals surface area contributed by atoms with Crippen LogP contribution in [0.15, 0.2) is 29.4 Å². The van der Waals surface area contributed by atoms with Crippen LogP contribution in [0, 0.1) is 11.8 Å². The van der Waals surface area contributed by atoms with E-state index in [4.69, 9.17) is 9.94 Å². The number of ether oxygens (including phenoxy) is 1. The summed E-state index contributed by atoms with van der Waals surface area (Å²) >= 11 is 0. The van der Waals surface area contributed by atoms with Crippen molar-refractivity contribution in [2.24, 2.45) is 17.0 Å². The zero-order chi connectivity index (χ0) is 14.8. The maximum Gasteiger partial charge on any atom is 0.119 e. The highest BCUT2D eigenvalue weighted by Gasteiger charge is 2.04. The van der Waals surface area contributed by atoms with E-state index in [0.29, 0.717) is 0 Å². The Kier molecular flexibility index (Phi) is 7.78. The third-order valence-corrected chi connectivity index (χ3v) is 3.44. The summed E-state index contributed by atoms with van der Waals surface area (Å²) in [4.78, 5) is 0. The third kappa shape index (κ3) is 7.17. The summed E-state index contributed by atoms with van der Waals surface area (Å²) in [5.74, 6) is 2.39. The summed E-state index contributed by atoms with van der Waals surface area (Å²) in [6.45, 7) is 7.61. The van der Waals surface area contributed by atoms with Gasteiger partial charge in [-0.3, -0.25) is 0 Å². The van der Waals surface area contributed by atoms with Gasteiger partial charge >= 0.3 is 0 Å². The van der Waals surface area contributed by atoms with Crippen molar-refractivity contribution in [3.05, 3.63) is 29.8 Å². The molecule has 0 amide bonds. The summed E-state index contributed by atoms with van der Waals surface area (Å²) in [6, 6.07) is 7.56. The number of hydrogen-bond acceptors (Lipinski definition) is 3. The van der Waals surface area contributed by atoms with Crippen LogP contribution in [0.3, 0.4) is 0 Å². The number of rotatable bonds is 9. The first-order valence-corrected chi connectivity index (χ1v) is 7.52. The van der Waals surface area contributed by atoms with Crippen molar-refractivity contribution in [2.45, 2.75) is 46.5 Å². The monoisotopic (exact) mass is 277 g/mol. The normalized spacial score (nSPS) is 13.0. The molecular weight excluding hydrogens is 250 g/mol. The molecule has 3 heteroatoms. The van der Waals surface area contributed by atoms with Crippen molar-refractivity contribution in [1.82, 2.24) is 0 Å². The van der Waals surface area contributed by atoms with E-state index in [0.717, 1.165) is 36.2 Å². The molecule has 1 atom stereocenters. The van der Waals surface area contributed by atoms with E-state index in [1.807, 2.05) is 24.3 Å². The Morgan fingerprint density at radius 3 is 2.40 bits per heavy atom. The van der Waals surface area contributed by atoms with Gasteiger partial charge in [0.15, 0.2) is 0 Å². The van der Waals surface area contributed by atoms with Gasteiger partial charge in [0.2, 0.25) is 0 Å². The Bertz CT molecular complexity index is 384. The fourth-order valence-corrected chi connectivity index (χ4v) is 2.11. The highest BCUT2D eigenvalue weighted by molar-refractivity contribution is 5.79. The standard InChI is InChI=1S/C17H27NO2/c1-14(2)5-4-6-15(3)11-12-20-17-9-7-16(8-10-17)13-18-19/h7-10,13-15,19H,4-6,11-12H2,1-3H3/b18-13+/t15-/m0/s1. The molecule has 0 unspecified atom stereocenters. The fraction of sp³-hybridized carbons (Fsp3) is 0.588.